The molecule has 194 valence electrons. The number of aliphatic carboxylic acids is 2. The highest BCUT2D eigenvalue weighted by Gasteiger charge is 2.32. The molecule has 35 heavy (non-hydrogen) atoms. The molecule has 15 heteroatoms. The molecule has 0 aliphatic rings. The first-order chi connectivity index (χ1) is 16.3. The molecular weight excluding hydrogens is 466 g/mol. The zero-order chi connectivity index (χ0) is 26.7. The van der Waals surface area contributed by atoms with Crippen LogP contribution in [0, 0.1) is 5.92 Å². The van der Waals surface area contributed by atoms with Crippen molar-refractivity contribution in [1.29, 1.82) is 0 Å². The Kier molecular flexibility index (Phi) is 11.3. The van der Waals surface area contributed by atoms with Gasteiger partial charge in [-0.1, -0.05) is 13.8 Å². The van der Waals surface area contributed by atoms with E-state index in [2.05, 4.69) is 25.9 Å². The minimum Gasteiger partial charge on any atom is -0.481 e. The fraction of sp³-hybridized carbons (Fsp3) is 0.550. The third-order valence-corrected chi connectivity index (χ3v) is 4.89. The number of aromatic nitrogens is 2. The van der Waals surface area contributed by atoms with Gasteiger partial charge in [0.15, 0.2) is 0 Å². The molecule has 4 unspecified atom stereocenters. The number of amides is 4. The third-order valence-electron chi connectivity index (χ3n) is 4.89. The number of nitrogens with one attached hydrogen (secondary N) is 4. The Morgan fingerprint density at radius 2 is 1.60 bits per heavy atom. The molecule has 10 N–H and O–H groups in total. The number of rotatable bonds is 15. The lowest BCUT2D eigenvalue weighted by Gasteiger charge is -2.25. The van der Waals surface area contributed by atoms with E-state index < -0.39 is 72.1 Å². The number of imidazole rings is 1. The van der Waals surface area contributed by atoms with Crippen molar-refractivity contribution in [3.63, 3.8) is 0 Å². The molecule has 0 aliphatic carbocycles. The Balaban J connectivity index is 3.05. The number of carboxylic acid groups (broad SMARTS) is 2. The molecule has 15 nitrogen and oxygen atoms in total. The standard InChI is InChI=1S/C20H31N7O8/c1-9(2)16(20(34)35)27-19(33)12(5-10-7-23-8-24-10)26-18(32)13(6-15(29)30)25-17(31)11(21)3-4-14(22)28/h7-9,11-13,16H,3-6,21H2,1-2H3,(H2,22,28)(H,23,24)(H,25,31)(H,26,32)(H,27,33)(H,29,30)(H,34,35). The van der Waals surface area contributed by atoms with Crippen molar-refractivity contribution in [1.82, 2.24) is 25.9 Å². The second-order valence-corrected chi connectivity index (χ2v) is 8.18. The quantitative estimate of drug-likeness (QED) is 0.123. The van der Waals surface area contributed by atoms with Crippen molar-refractivity contribution >= 4 is 35.6 Å². The van der Waals surface area contributed by atoms with Crippen LogP contribution in [0.5, 0.6) is 0 Å². The maximum Gasteiger partial charge on any atom is 0.326 e. The Morgan fingerprint density at radius 3 is 2.09 bits per heavy atom. The van der Waals surface area contributed by atoms with Gasteiger partial charge in [-0.25, -0.2) is 9.78 Å². The van der Waals surface area contributed by atoms with Gasteiger partial charge in [-0.05, 0) is 12.3 Å². The molecule has 1 heterocycles. The van der Waals surface area contributed by atoms with Crippen LogP contribution >= 0.6 is 0 Å². The van der Waals surface area contributed by atoms with Crippen molar-refractivity contribution in [2.24, 2.45) is 17.4 Å². The van der Waals surface area contributed by atoms with Crippen LogP contribution in [0.4, 0.5) is 0 Å². The van der Waals surface area contributed by atoms with Crippen LogP contribution in [-0.4, -0.2) is 79.9 Å². The van der Waals surface area contributed by atoms with Crippen LogP contribution in [0.15, 0.2) is 12.5 Å². The van der Waals surface area contributed by atoms with Crippen molar-refractivity contribution in [3.05, 3.63) is 18.2 Å². The number of carboxylic acids is 2. The van der Waals surface area contributed by atoms with Crippen LogP contribution in [0.3, 0.4) is 0 Å². The second-order valence-electron chi connectivity index (χ2n) is 8.18. The van der Waals surface area contributed by atoms with E-state index in [0.29, 0.717) is 5.69 Å². The van der Waals surface area contributed by atoms with Crippen molar-refractivity contribution in [3.8, 4) is 0 Å². The Morgan fingerprint density at radius 1 is 1.00 bits per heavy atom. The molecule has 0 fully saturated rings. The molecule has 1 aromatic rings. The maximum atomic E-state index is 12.9. The Hall–Kier alpha value is -4.01. The van der Waals surface area contributed by atoms with Gasteiger partial charge in [0.2, 0.25) is 23.6 Å². The Labute approximate surface area is 200 Å². The highest BCUT2D eigenvalue weighted by atomic mass is 16.4. The first-order valence-electron chi connectivity index (χ1n) is 10.7. The number of nitrogens with zero attached hydrogens (tertiary/aromatic N) is 1. The summed E-state index contributed by atoms with van der Waals surface area (Å²) in [6.07, 6.45) is 1.44. The topological polar surface area (TPSA) is 260 Å². The van der Waals surface area contributed by atoms with Crippen LogP contribution in [0.1, 0.15) is 38.8 Å². The summed E-state index contributed by atoms with van der Waals surface area (Å²) in [4.78, 5) is 78.2. The van der Waals surface area contributed by atoms with E-state index in [1.807, 2.05) is 0 Å². The molecule has 4 amide bonds. The molecule has 0 aliphatic heterocycles. The summed E-state index contributed by atoms with van der Waals surface area (Å²) in [5.74, 6) is -6.61. The van der Waals surface area contributed by atoms with Crippen LogP contribution in [0.2, 0.25) is 0 Å². The lowest BCUT2D eigenvalue weighted by Crippen LogP contribution is -2.58. The molecule has 0 bridgehead atoms. The second kappa shape index (κ2) is 13.6. The van der Waals surface area contributed by atoms with E-state index >= 15 is 0 Å². The van der Waals surface area contributed by atoms with Gasteiger partial charge in [0.25, 0.3) is 0 Å². The first kappa shape index (κ1) is 29.0. The zero-order valence-electron chi connectivity index (χ0n) is 19.3. The third kappa shape index (κ3) is 10.2. The van der Waals surface area contributed by atoms with Gasteiger partial charge in [0.1, 0.15) is 18.1 Å². The van der Waals surface area contributed by atoms with E-state index in [4.69, 9.17) is 11.5 Å². The summed E-state index contributed by atoms with van der Waals surface area (Å²) < 4.78 is 0. The van der Waals surface area contributed by atoms with Gasteiger partial charge in [-0.15, -0.1) is 0 Å². The molecule has 1 aromatic heterocycles. The van der Waals surface area contributed by atoms with Gasteiger partial charge < -0.3 is 42.6 Å². The lowest BCUT2D eigenvalue weighted by atomic mass is 10.0. The number of carbonyl (C=O) groups is 6. The van der Waals surface area contributed by atoms with Crippen LogP contribution in [-0.2, 0) is 35.2 Å². The van der Waals surface area contributed by atoms with Crippen LogP contribution in [0.25, 0.3) is 0 Å². The van der Waals surface area contributed by atoms with Crippen molar-refractivity contribution in [2.75, 3.05) is 0 Å². The molecule has 0 radical (unpaired) electrons. The van der Waals surface area contributed by atoms with E-state index in [-0.39, 0.29) is 19.3 Å². The molecule has 0 saturated heterocycles. The van der Waals surface area contributed by atoms with Crippen molar-refractivity contribution in [2.45, 2.75) is 63.7 Å². The molecule has 1 rings (SSSR count). The average molecular weight is 498 g/mol. The summed E-state index contributed by atoms with van der Waals surface area (Å²) in [5.41, 5.74) is 11.1. The predicted octanol–water partition coefficient (Wildman–Crippen LogP) is -2.79. The predicted molar refractivity (Wildman–Crippen MR) is 119 cm³/mol. The smallest absolute Gasteiger partial charge is 0.326 e. The fourth-order valence-electron chi connectivity index (χ4n) is 2.96. The molecule has 0 aromatic carbocycles. The SMILES string of the molecule is CC(C)C(NC(=O)C(Cc1cnc[nH]1)NC(=O)C(CC(=O)O)NC(=O)C(N)CCC(N)=O)C(=O)O. The van der Waals surface area contributed by atoms with Gasteiger partial charge in [-0.3, -0.25) is 24.0 Å². The maximum absolute atomic E-state index is 12.9. The zero-order valence-corrected chi connectivity index (χ0v) is 19.3. The number of hydrogen-bond donors (Lipinski definition) is 8. The number of nitrogens with two attached hydrogens (primary N) is 2. The highest BCUT2D eigenvalue weighted by Crippen LogP contribution is 2.06. The van der Waals surface area contributed by atoms with Crippen molar-refractivity contribution < 1.29 is 39.0 Å². The summed E-state index contributed by atoms with van der Waals surface area (Å²) >= 11 is 0. The van der Waals surface area contributed by atoms with Crippen LogP contribution < -0.4 is 27.4 Å². The number of aromatic amines is 1. The summed E-state index contributed by atoms with van der Waals surface area (Å²) in [7, 11) is 0. The Bertz CT molecular complexity index is 919. The number of primary amides is 1. The summed E-state index contributed by atoms with van der Waals surface area (Å²) in [6, 6.07) is -5.43. The summed E-state index contributed by atoms with van der Waals surface area (Å²) in [6.45, 7) is 3.17. The van der Waals surface area contributed by atoms with E-state index in [1.165, 1.54) is 12.5 Å². The minimum atomic E-state index is -1.61. The highest BCUT2D eigenvalue weighted by molar-refractivity contribution is 5.95. The fourth-order valence-corrected chi connectivity index (χ4v) is 2.96. The number of H-pyrrole nitrogens is 1. The first-order valence-corrected chi connectivity index (χ1v) is 10.7. The largest absolute Gasteiger partial charge is 0.481 e. The average Bonchev–Trinajstić information content (AvgIpc) is 3.26. The number of hydrogen-bond acceptors (Lipinski definition) is 8. The normalized spacial score (nSPS) is 14.3. The van der Waals surface area contributed by atoms with E-state index in [1.54, 1.807) is 13.8 Å². The number of carbonyl (C=O) groups excluding carboxylic acids is 4. The molecular formula is C20H31N7O8. The molecule has 4 atom stereocenters. The van der Waals surface area contributed by atoms with E-state index in [0.717, 1.165) is 0 Å². The van der Waals surface area contributed by atoms with Gasteiger partial charge in [0.05, 0.1) is 18.8 Å². The molecule has 0 spiro atoms. The van der Waals surface area contributed by atoms with Gasteiger partial charge in [0, 0.05) is 24.7 Å². The van der Waals surface area contributed by atoms with Gasteiger partial charge in [-0.2, -0.15) is 0 Å². The molecule has 0 saturated carbocycles. The van der Waals surface area contributed by atoms with E-state index in [9.17, 15) is 39.0 Å². The van der Waals surface area contributed by atoms with Gasteiger partial charge >= 0.3 is 11.9 Å². The summed E-state index contributed by atoms with van der Waals surface area (Å²) in [5, 5.41) is 25.4. The monoisotopic (exact) mass is 497 g/mol. The minimum absolute atomic E-state index is 0.126. The lowest BCUT2D eigenvalue weighted by molar-refractivity contribution is -0.144.